The summed E-state index contributed by atoms with van der Waals surface area (Å²) in [6.07, 6.45) is 2.77. The molecule has 0 radical (unpaired) electrons. The van der Waals surface area contributed by atoms with Crippen LogP contribution in [-0.2, 0) is 0 Å². The first-order valence-corrected chi connectivity index (χ1v) is 4.59. The first kappa shape index (κ1) is 11.2. The lowest BCUT2D eigenvalue weighted by atomic mass is 9.92. The highest BCUT2D eigenvalue weighted by atomic mass is 35.5. The monoisotopic (exact) mass is 177 g/mol. The minimum atomic E-state index is 0. The van der Waals surface area contributed by atoms with Gasteiger partial charge in [-0.25, -0.2) is 0 Å². The lowest BCUT2D eigenvalue weighted by molar-refractivity contribution is -0.869. The Morgan fingerprint density at radius 3 is 1.73 bits per heavy atom. The first-order valence-electron chi connectivity index (χ1n) is 4.59. The lowest BCUT2D eigenvalue weighted by Gasteiger charge is -2.09. The van der Waals surface area contributed by atoms with Crippen molar-refractivity contribution >= 4 is 0 Å². The molecule has 0 saturated carbocycles. The van der Waals surface area contributed by atoms with Crippen LogP contribution in [-0.4, -0.2) is 20.1 Å². The first-order chi connectivity index (χ1) is 4.77. The van der Waals surface area contributed by atoms with Crippen molar-refractivity contribution in [1.29, 1.82) is 0 Å². The summed E-state index contributed by atoms with van der Waals surface area (Å²) in [7, 11) is 2.32. The standard InChI is InChI=1S/C9H19N.ClH/c1-4-8-6-10(3)7-9(8)5-2;/h8-9H,4-7H2,1-3H3;1H. The summed E-state index contributed by atoms with van der Waals surface area (Å²) in [5.74, 6) is 2.04. The van der Waals surface area contributed by atoms with E-state index in [0.29, 0.717) is 0 Å². The lowest BCUT2D eigenvalue weighted by Crippen LogP contribution is -3.07. The second-order valence-corrected chi connectivity index (χ2v) is 3.70. The minimum Gasteiger partial charge on any atom is -1.00 e. The maximum absolute atomic E-state index is 2.33. The van der Waals surface area contributed by atoms with E-state index in [1.54, 1.807) is 4.90 Å². The number of rotatable bonds is 2. The Labute approximate surface area is 76.6 Å². The molecule has 2 heteroatoms. The van der Waals surface area contributed by atoms with Crippen LogP contribution < -0.4 is 17.3 Å². The van der Waals surface area contributed by atoms with Gasteiger partial charge in [-0.05, 0) is 12.8 Å². The molecule has 0 aromatic rings. The molecule has 1 rings (SSSR count). The Bertz CT molecular complexity index is 93.7. The van der Waals surface area contributed by atoms with Gasteiger partial charge in [0.05, 0.1) is 20.1 Å². The Kier molecular flexibility index (Phi) is 5.11. The molecule has 1 aliphatic rings. The van der Waals surface area contributed by atoms with Crippen molar-refractivity contribution in [3.8, 4) is 0 Å². The fraction of sp³-hybridized carbons (Fsp3) is 1.00. The van der Waals surface area contributed by atoms with Gasteiger partial charge in [0.15, 0.2) is 0 Å². The van der Waals surface area contributed by atoms with E-state index in [-0.39, 0.29) is 12.4 Å². The Hall–Kier alpha value is 0.250. The summed E-state index contributed by atoms with van der Waals surface area (Å²) in [5.41, 5.74) is 0. The van der Waals surface area contributed by atoms with Crippen molar-refractivity contribution in [3.63, 3.8) is 0 Å². The molecule has 1 nitrogen and oxygen atoms in total. The van der Waals surface area contributed by atoms with Gasteiger partial charge < -0.3 is 17.3 Å². The van der Waals surface area contributed by atoms with Crippen molar-refractivity contribution in [3.05, 3.63) is 0 Å². The van der Waals surface area contributed by atoms with Crippen LogP contribution in [0.4, 0.5) is 0 Å². The topological polar surface area (TPSA) is 4.44 Å². The summed E-state index contributed by atoms with van der Waals surface area (Å²) in [4.78, 5) is 1.73. The highest BCUT2D eigenvalue weighted by Gasteiger charge is 2.31. The highest BCUT2D eigenvalue weighted by Crippen LogP contribution is 2.19. The molecule has 1 saturated heterocycles. The number of hydrogen-bond donors (Lipinski definition) is 1. The number of quaternary nitrogens is 1. The van der Waals surface area contributed by atoms with Crippen molar-refractivity contribution < 1.29 is 17.3 Å². The van der Waals surface area contributed by atoms with Crippen LogP contribution in [0.25, 0.3) is 0 Å². The largest absolute Gasteiger partial charge is 1.00 e. The van der Waals surface area contributed by atoms with Gasteiger partial charge in [0.25, 0.3) is 0 Å². The smallest absolute Gasteiger partial charge is 0.0802 e. The van der Waals surface area contributed by atoms with E-state index in [1.807, 2.05) is 0 Å². The molecule has 2 atom stereocenters. The SMILES string of the molecule is CCC1C[NH+](C)CC1CC.[Cl-]. The van der Waals surface area contributed by atoms with Crippen LogP contribution in [0.15, 0.2) is 0 Å². The molecule has 11 heavy (non-hydrogen) atoms. The van der Waals surface area contributed by atoms with Crippen molar-refractivity contribution in [2.45, 2.75) is 26.7 Å². The zero-order valence-electron chi connectivity index (χ0n) is 7.86. The van der Waals surface area contributed by atoms with Crippen molar-refractivity contribution in [2.75, 3.05) is 20.1 Å². The summed E-state index contributed by atoms with van der Waals surface area (Å²) < 4.78 is 0. The van der Waals surface area contributed by atoms with Crippen LogP contribution in [0.2, 0.25) is 0 Å². The summed E-state index contributed by atoms with van der Waals surface area (Å²) in [6, 6.07) is 0. The van der Waals surface area contributed by atoms with E-state index < -0.39 is 0 Å². The van der Waals surface area contributed by atoms with Crippen LogP contribution >= 0.6 is 0 Å². The highest BCUT2D eigenvalue weighted by molar-refractivity contribution is 4.70. The zero-order valence-corrected chi connectivity index (χ0v) is 8.62. The van der Waals surface area contributed by atoms with E-state index in [4.69, 9.17) is 0 Å². The van der Waals surface area contributed by atoms with Gasteiger partial charge in [0, 0.05) is 11.8 Å². The average molecular weight is 178 g/mol. The van der Waals surface area contributed by atoms with Crippen LogP contribution in [0.3, 0.4) is 0 Å². The molecule has 1 aliphatic heterocycles. The van der Waals surface area contributed by atoms with Crippen LogP contribution in [0.1, 0.15) is 26.7 Å². The average Bonchev–Trinajstić information content (AvgIpc) is 2.30. The molecule has 0 amide bonds. The normalized spacial score (nSPS) is 36.8. The number of likely N-dealkylation sites (tertiary alicyclic amines) is 1. The van der Waals surface area contributed by atoms with E-state index >= 15 is 0 Å². The van der Waals surface area contributed by atoms with Gasteiger partial charge in [0.2, 0.25) is 0 Å². The van der Waals surface area contributed by atoms with Crippen LogP contribution in [0, 0.1) is 11.8 Å². The maximum Gasteiger partial charge on any atom is 0.0802 e. The molecule has 68 valence electrons. The van der Waals surface area contributed by atoms with Gasteiger partial charge in [0.1, 0.15) is 0 Å². The fourth-order valence-corrected chi connectivity index (χ4v) is 2.27. The second-order valence-electron chi connectivity index (χ2n) is 3.70. The van der Waals surface area contributed by atoms with E-state index in [9.17, 15) is 0 Å². The summed E-state index contributed by atoms with van der Waals surface area (Å²) in [6.45, 7) is 7.47. The summed E-state index contributed by atoms with van der Waals surface area (Å²) >= 11 is 0. The molecule has 0 aliphatic carbocycles. The molecule has 1 fully saturated rings. The molecule has 0 spiro atoms. The van der Waals surface area contributed by atoms with Crippen LogP contribution in [0.5, 0.6) is 0 Å². The number of halogens is 1. The third kappa shape index (κ3) is 2.64. The number of hydrogen-bond acceptors (Lipinski definition) is 0. The molecular formula is C9H20ClN. The van der Waals surface area contributed by atoms with E-state index in [0.717, 1.165) is 11.8 Å². The second kappa shape index (κ2) is 5.00. The molecule has 2 unspecified atom stereocenters. The minimum absolute atomic E-state index is 0. The maximum atomic E-state index is 2.33. The van der Waals surface area contributed by atoms with Gasteiger partial charge in [-0.15, -0.1) is 0 Å². The third-order valence-corrected chi connectivity index (χ3v) is 2.94. The molecule has 0 aromatic heterocycles. The summed E-state index contributed by atoms with van der Waals surface area (Å²) in [5, 5.41) is 0. The zero-order chi connectivity index (χ0) is 7.56. The quantitative estimate of drug-likeness (QED) is 0.479. The van der Waals surface area contributed by atoms with Gasteiger partial charge in [-0.1, -0.05) is 13.8 Å². The molecular weight excluding hydrogens is 158 g/mol. The van der Waals surface area contributed by atoms with Gasteiger partial charge in [-0.3, -0.25) is 0 Å². The van der Waals surface area contributed by atoms with Gasteiger partial charge in [-0.2, -0.15) is 0 Å². The predicted molar refractivity (Wildman–Crippen MR) is 44.2 cm³/mol. The van der Waals surface area contributed by atoms with Crippen molar-refractivity contribution in [1.82, 2.24) is 0 Å². The Balaban J connectivity index is 0.000001000. The Morgan fingerprint density at radius 1 is 1.09 bits per heavy atom. The number of nitrogens with one attached hydrogen (secondary N) is 1. The van der Waals surface area contributed by atoms with E-state index in [1.165, 1.54) is 25.9 Å². The fourth-order valence-electron chi connectivity index (χ4n) is 2.27. The van der Waals surface area contributed by atoms with E-state index in [2.05, 4.69) is 20.9 Å². The molecule has 1 N–H and O–H groups in total. The molecule has 0 bridgehead atoms. The Morgan fingerprint density at radius 2 is 1.45 bits per heavy atom. The molecule has 0 aromatic carbocycles. The third-order valence-electron chi connectivity index (χ3n) is 2.94. The van der Waals surface area contributed by atoms with Gasteiger partial charge >= 0.3 is 0 Å². The van der Waals surface area contributed by atoms with Crippen molar-refractivity contribution in [2.24, 2.45) is 11.8 Å². The molecule has 1 heterocycles. The predicted octanol–water partition coefficient (Wildman–Crippen LogP) is -2.43.